The van der Waals surface area contributed by atoms with Gasteiger partial charge in [0.05, 0.1) is 11.0 Å². The number of rotatable bonds is 9. The SMILES string of the molecule is CC(C)(C)c1cc2c3c(c1)c1cc(-c4ccccc4)ccc1n3-c1cc(-c3nc(-c4cc(-c5ccccc5)cc(-c5ccccc5)c4)nc(-c4cc(-c5ccccc5)cc(-c5ccccc5)c4)n3)cc3c1B2c1cc(C(C)(C)C)cc2c4cc(-c5ccccc5)ccc4n-3c12. The standard InChI is InChI=1S/C89H66BN5/c1-88(2,3)70-51-74-72-47-61(55-25-13-7-14-26-55)37-39-78(72)94-80-49-69(50-81-82(80)90(76(53-70)83(74)94)77-54-71(89(4,5)6)52-75-73-48-62(56-27-15-8-16-28-56)38-40-79(73)95(81)84(75)77)87-92-85(67-43-63(57-29-17-9-18-30-57)41-64(44-67)58-31-19-10-20-32-58)91-86(93-87)68-45-65(59-33-21-11-22-34-59)42-66(46-68)60-35-23-12-24-36-60/h7-54H,1-6H3. The summed E-state index contributed by atoms with van der Waals surface area (Å²) in [6.45, 7) is 14.1. The van der Waals surface area contributed by atoms with Crippen molar-refractivity contribution in [3.05, 3.63) is 302 Å². The number of hydrogen-bond acceptors (Lipinski definition) is 3. The zero-order valence-electron chi connectivity index (χ0n) is 54.0. The lowest BCUT2D eigenvalue weighted by Gasteiger charge is -2.35. The Balaban J connectivity index is 0.979. The largest absolute Gasteiger partial charge is 0.310 e. The topological polar surface area (TPSA) is 48.5 Å². The van der Waals surface area contributed by atoms with Crippen LogP contribution in [0.25, 0.3) is 156 Å². The van der Waals surface area contributed by atoms with Crippen LogP contribution in [0.4, 0.5) is 0 Å². The lowest BCUT2D eigenvalue weighted by Crippen LogP contribution is -2.59. The molecule has 6 heteroatoms. The van der Waals surface area contributed by atoms with Gasteiger partial charge in [-0.3, -0.25) is 0 Å². The fourth-order valence-electron chi connectivity index (χ4n) is 15.1. The van der Waals surface area contributed by atoms with Crippen molar-refractivity contribution >= 4 is 66.7 Å². The van der Waals surface area contributed by atoms with Gasteiger partial charge in [0.15, 0.2) is 17.5 Å². The molecule has 0 fully saturated rings. The molecule has 0 saturated heterocycles. The Morgan fingerprint density at radius 3 is 0.842 bits per heavy atom. The van der Waals surface area contributed by atoms with Gasteiger partial charge in [-0.05, 0) is 190 Å². The zero-order chi connectivity index (χ0) is 63.8. The van der Waals surface area contributed by atoms with E-state index in [1.807, 2.05) is 0 Å². The minimum atomic E-state index is -0.151. The molecule has 2 aliphatic heterocycles. The third-order valence-corrected chi connectivity index (χ3v) is 20.0. The molecular formula is C89H66BN5. The van der Waals surface area contributed by atoms with E-state index >= 15 is 0 Å². The normalized spacial score (nSPS) is 12.5. The average Bonchev–Trinajstić information content (AvgIpc) is 1.55. The molecule has 16 aromatic rings. The lowest BCUT2D eigenvalue weighted by atomic mass is 9.34. The molecule has 5 nitrogen and oxygen atoms in total. The quantitative estimate of drug-likeness (QED) is 0.135. The maximum absolute atomic E-state index is 5.80. The van der Waals surface area contributed by atoms with Gasteiger partial charge in [0.2, 0.25) is 0 Å². The first-order valence-electron chi connectivity index (χ1n) is 33.2. The van der Waals surface area contributed by atoms with E-state index in [2.05, 4.69) is 342 Å². The first-order valence-corrected chi connectivity index (χ1v) is 33.2. The second-order valence-corrected chi connectivity index (χ2v) is 28.0. The fourth-order valence-corrected chi connectivity index (χ4v) is 15.1. The molecule has 95 heavy (non-hydrogen) atoms. The predicted octanol–water partition coefficient (Wildman–Crippen LogP) is 20.8. The summed E-state index contributed by atoms with van der Waals surface area (Å²) in [5, 5.41) is 4.96. The Morgan fingerprint density at radius 1 is 0.253 bits per heavy atom. The molecule has 0 N–H and O–H groups in total. The zero-order valence-corrected chi connectivity index (χ0v) is 54.0. The second kappa shape index (κ2) is 21.6. The number of hydrogen-bond donors (Lipinski definition) is 0. The fraction of sp³-hybridized carbons (Fsp3) is 0.0899. The molecule has 18 rings (SSSR count). The molecule has 450 valence electrons. The Morgan fingerprint density at radius 2 is 0.537 bits per heavy atom. The van der Waals surface area contributed by atoms with Gasteiger partial charge in [-0.25, -0.2) is 15.0 Å². The smallest absolute Gasteiger partial charge is 0.252 e. The van der Waals surface area contributed by atoms with Crippen molar-refractivity contribution in [1.29, 1.82) is 0 Å². The van der Waals surface area contributed by atoms with Gasteiger partial charge in [0.1, 0.15) is 0 Å². The second-order valence-electron chi connectivity index (χ2n) is 28.0. The van der Waals surface area contributed by atoms with Crippen LogP contribution in [0.1, 0.15) is 52.7 Å². The molecule has 0 atom stereocenters. The number of nitrogens with zero attached hydrogens (tertiary/aromatic N) is 5. The van der Waals surface area contributed by atoms with Gasteiger partial charge in [0.25, 0.3) is 6.71 Å². The third-order valence-electron chi connectivity index (χ3n) is 20.0. The first kappa shape index (κ1) is 56.3. The van der Waals surface area contributed by atoms with Crippen molar-refractivity contribution in [3.8, 4) is 112 Å². The van der Waals surface area contributed by atoms with Gasteiger partial charge in [-0.2, -0.15) is 0 Å². The summed E-state index contributed by atoms with van der Waals surface area (Å²) >= 11 is 0. The maximum Gasteiger partial charge on any atom is 0.252 e. The van der Waals surface area contributed by atoms with Crippen LogP contribution in [0.15, 0.2) is 291 Å². The molecule has 0 radical (unpaired) electrons. The van der Waals surface area contributed by atoms with E-state index in [1.165, 1.54) is 82.3 Å². The molecule has 5 heterocycles. The van der Waals surface area contributed by atoms with Crippen molar-refractivity contribution in [1.82, 2.24) is 24.1 Å². The molecule has 2 aliphatic rings. The van der Waals surface area contributed by atoms with Crippen LogP contribution in [-0.4, -0.2) is 30.8 Å². The van der Waals surface area contributed by atoms with Crippen LogP contribution in [0.2, 0.25) is 0 Å². The molecule has 0 aliphatic carbocycles. The van der Waals surface area contributed by atoms with Gasteiger partial charge >= 0.3 is 0 Å². The van der Waals surface area contributed by atoms with Crippen LogP contribution in [0, 0.1) is 0 Å². The summed E-state index contributed by atoms with van der Waals surface area (Å²) in [4.78, 5) is 17.3. The minimum absolute atomic E-state index is 0.127. The Kier molecular flexibility index (Phi) is 12.8. The molecule has 0 saturated carbocycles. The number of benzene rings is 13. The molecular weight excluding hydrogens is 1150 g/mol. The van der Waals surface area contributed by atoms with Gasteiger partial charge in [-0.15, -0.1) is 0 Å². The summed E-state index contributed by atoms with van der Waals surface area (Å²) in [6, 6.07) is 107. The average molecular weight is 1220 g/mol. The van der Waals surface area contributed by atoms with E-state index in [1.54, 1.807) is 0 Å². The first-order chi connectivity index (χ1) is 46.3. The number of aromatic nitrogens is 5. The Hall–Kier alpha value is -11.5. The summed E-state index contributed by atoms with van der Waals surface area (Å²) in [5.74, 6) is 1.75. The maximum atomic E-state index is 5.80. The van der Waals surface area contributed by atoms with Crippen molar-refractivity contribution in [3.63, 3.8) is 0 Å². The van der Waals surface area contributed by atoms with E-state index in [9.17, 15) is 0 Å². The van der Waals surface area contributed by atoms with E-state index in [-0.39, 0.29) is 17.5 Å². The molecule has 0 unspecified atom stereocenters. The number of fused-ring (bicyclic) bond motifs is 10. The van der Waals surface area contributed by atoms with Crippen LogP contribution in [0.5, 0.6) is 0 Å². The van der Waals surface area contributed by atoms with Crippen LogP contribution in [0.3, 0.4) is 0 Å². The lowest BCUT2D eigenvalue weighted by molar-refractivity contribution is 0.591. The highest BCUT2D eigenvalue weighted by atomic mass is 15.1. The van der Waals surface area contributed by atoms with Gasteiger partial charge in [-0.1, -0.05) is 248 Å². The molecule has 3 aromatic heterocycles. The molecule has 0 amide bonds. The molecule has 0 spiro atoms. The monoisotopic (exact) mass is 1220 g/mol. The van der Waals surface area contributed by atoms with Gasteiger partial charge < -0.3 is 9.13 Å². The van der Waals surface area contributed by atoms with Crippen LogP contribution >= 0.6 is 0 Å². The molecule has 13 aromatic carbocycles. The van der Waals surface area contributed by atoms with Crippen molar-refractivity contribution in [2.45, 2.75) is 52.4 Å². The summed E-state index contributed by atoms with van der Waals surface area (Å²) in [5.41, 5.74) is 29.4. The predicted molar refractivity (Wildman–Crippen MR) is 399 cm³/mol. The Labute approximate surface area is 554 Å². The van der Waals surface area contributed by atoms with E-state index in [0.717, 1.165) is 83.6 Å². The van der Waals surface area contributed by atoms with Crippen LogP contribution in [-0.2, 0) is 10.8 Å². The summed E-state index contributed by atoms with van der Waals surface area (Å²) in [7, 11) is 0. The van der Waals surface area contributed by atoms with Crippen molar-refractivity contribution in [2.24, 2.45) is 0 Å². The summed E-state index contributed by atoms with van der Waals surface area (Å²) < 4.78 is 5.20. The van der Waals surface area contributed by atoms with E-state index < -0.39 is 0 Å². The Bertz CT molecular complexity index is 5300. The molecule has 0 bridgehead atoms. The van der Waals surface area contributed by atoms with Crippen molar-refractivity contribution in [2.75, 3.05) is 0 Å². The third kappa shape index (κ3) is 9.41. The highest BCUT2D eigenvalue weighted by Gasteiger charge is 2.43. The highest BCUT2D eigenvalue weighted by Crippen LogP contribution is 2.46. The van der Waals surface area contributed by atoms with Gasteiger partial charge in [0, 0.05) is 60.6 Å². The van der Waals surface area contributed by atoms with E-state index in [4.69, 9.17) is 15.0 Å². The van der Waals surface area contributed by atoms with Crippen molar-refractivity contribution < 1.29 is 0 Å². The summed E-state index contributed by atoms with van der Waals surface area (Å²) in [6.07, 6.45) is 0. The van der Waals surface area contributed by atoms with E-state index in [0.29, 0.717) is 17.5 Å². The highest BCUT2D eigenvalue weighted by molar-refractivity contribution is 7.00. The minimum Gasteiger partial charge on any atom is -0.310 e. The van der Waals surface area contributed by atoms with Crippen LogP contribution < -0.4 is 16.4 Å².